The predicted molar refractivity (Wildman–Crippen MR) is 76.8 cm³/mol. The lowest BCUT2D eigenvalue weighted by Crippen LogP contribution is -2.30. The van der Waals surface area contributed by atoms with Crippen LogP contribution in [0, 0.1) is 0 Å². The van der Waals surface area contributed by atoms with E-state index in [0.29, 0.717) is 12.1 Å². The van der Waals surface area contributed by atoms with Gasteiger partial charge in [-0.05, 0) is 24.3 Å². The number of nitrogens with one attached hydrogen (secondary N) is 2. The third-order valence-electron chi connectivity index (χ3n) is 2.52. The number of hydrogen-bond acceptors (Lipinski definition) is 6. The summed E-state index contributed by atoms with van der Waals surface area (Å²) in [5.41, 5.74) is 6.61. The van der Waals surface area contributed by atoms with E-state index >= 15 is 0 Å². The first-order valence-electron chi connectivity index (χ1n) is 5.83. The number of nitrogens with zero attached hydrogens (tertiary/aromatic N) is 2. The summed E-state index contributed by atoms with van der Waals surface area (Å²) in [7, 11) is -4.12. The Labute approximate surface area is 133 Å². The van der Waals surface area contributed by atoms with Crippen LogP contribution in [0.2, 0.25) is 5.15 Å². The van der Waals surface area contributed by atoms with Crippen LogP contribution in [-0.4, -0.2) is 18.4 Å². The minimum Gasteiger partial charge on any atom is -0.368 e. The summed E-state index contributed by atoms with van der Waals surface area (Å²) < 4.78 is 61.3. The molecular weight excluding hydrogens is 359 g/mol. The van der Waals surface area contributed by atoms with E-state index in [1.54, 1.807) is 0 Å². The fourth-order valence-electron chi connectivity index (χ4n) is 1.50. The standard InChI is InChI=1S/C11H9ClF3N5O2S/c12-8-5-9(18-10(16)17-8)19-20-23(21,22)7-3-1-6(2-4-7)11(13,14)15/h1-5,20H,(H3,16,17,18,19). The largest absolute Gasteiger partial charge is 0.416 e. The molecule has 0 bridgehead atoms. The zero-order valence-electron chi connectivity index (χ0n) is 11.1. The molecule has 0 atom stereocenters. The molecule has 1 heterocycles. The molecule has 1 aromatic heterocycles. The van der Waals surface area contributed by atoms with Gasteiger partial charge in [0.15, 0.2) is 0 Å². The average Bonchev–Trinajstić information content (AvgIpc) is 2.43. The highest BCUT2D eigenvalue weighted by Gasteiger charge is 2.30. The number of nitrogens with two attached hydrogens (primary N) is 1. The lowest BCUT2D eigenvalue weighted by Gasteiger charge is -2.10. The second kappa shape index (κ2) is 6.18. The third-order valence-corrected chi connectivity index (χ3v) is 3.97. The summed E-state index contributed by atoms with van der Waals surface area (Å²) in [6.07, 6.45) is -4.55. The fourth-order valence-corrected chi connectivity index (χ4v) is 2.54. The molecule has 12 heteroatoms. The van der Waals surface area contributed by atoms with Crippen LogP contribution < -0.4 is 16.0 Å². The van der Waals surface area contributed by atoms with Crippen molar-refractivity contribution in [3.63, 3.8) is 0 Å². The molecular formula is C11H9ClF3N5O2S. The van der Waals surface area contributed by atoms with Crippen LogP contribution in [0.5, 0.6) is 0 Å². The molecule has 0 unspecified atom stereocenters. The van der Waals surface area contributed by atoms with Gasteiger partial charge >= 0.3 is 6.18 Å². The molecule has 1 aromatic carbocycles. The second-order valence-electron chi connectivity index (χ2n) is 4.19. The lowest BCUT2D eigenvalue weighted by molar-refractivity contribution is -0.137. The molecule has 0 aliphatic rings. The third kappa shape index (κ3) is 4.43. The number of benzene rings is 1. The monoisotopic (exact) mass is 367 g/mol. The Bertz CT molecular complexity index is 791. The Morgan fingerprint density at radius 3 is 2.26 bits per heavy atom. The number of alkyl halides is 3. The summed E-state index contributed by atoms with van der Waals surface area (Å²) >= 11 is 5.62. The second-order valence-corrected chi connectivity index (χ2v) is 6.26. The first kappa shape index (κ1) is 17.2. The van der Waals surface area contributed by atoms with Gasteiger partial charge in [-0.15, -0.1) is 4.83 Å². The van der Waals surface area contributed by atoms with Crippen LogP contribution in [0.3, 0.4) is 0 Å². The van der Waals surface area contributed by atoms with Crippen LogP contribution in [-0.2, 0) is 16.2 Å². The molecule has 0 saturated heterocycles. The van der Waals surface area contributed by atoms with Crippen molar-refractivity contribution in [3.05, 3.63) is 41.0 Å². The highest BCUT2D eigenvalue weighted by molar-refractivity contribution is 7.89. The normalized spacial score (nSPS) is 12.2. The van der Waals surface area contributed by atoms with Gasteiger partial charge < -0.3 is 5.73 Å². The Morgan fingerprint density at radius 2 is 1.74 bits per heavy atom. The summed E-state index contributed by atoms with van der Waals surface area (Å²) in [6.45, 7) is 0. The van der Waals surface area contributed by atoms with E-state index in [1.807, 2.05) is 4.83 Å². The summed E-state index contributed by atoms with van der Waals surface area (Å²) in [6, 6.07) is 4.18. The van der Waals surface area contributed by atoms with Gasteiger partial charge in [-0.25, -0.2) is 13.4 Å². The van der Waals surface area contributed by atoms with Crippen molar-refractivity contribution < 1.29 is 21.6 Å². The number of anilines is 2. The Kier molecular flexibility index (Phi) is 4.63. The maximum absolute atomic E-state index is 12.4. The molecule has 0 aliphatic heterocycles. The van der Waals surface area contributed by atoms with Crippen molar-refractivity contribution in [1.29, 1.82) is 0 Å². The lowest BCUT2D eigenvalue weighted by atomic mass is 10.2. The van der Waals surface area contributed by atoms with Crippen molar-refractivity contribution in [2.45, 2.75) is 11.1 Å². The van der Waals surface area contributed by atoms with E-state index < -0.39 is 21.8 Å². The molecule has 2 aromatic rings. The zero-order chi connectivity index (χ0) is 17.3. The number of aromatic nitrogens is 2. The van der Waals surface area contributed by atoms with Crippen molar-refractivity contribution >= 4 is 33.4 Å². The van der Waals surface area contributed by atoms with Crippen LogP contribution >= 0.6 is 11.6 Å². The highest BCUT2D eigenvalue weighted by Crippen LogP contribution is 2.29. The predicted octanol–water partition coefficient (Wildman–Crippen LogP) is 2.04. The molecule has 0 fully saturated rings. The minimum absolute atomic E-state index is 0.0197. The smallest absolute Gasteiger partial charge is 0.368 e. The minimum atomic E-state index is -4.55. The molecule has 2 rings (SSSR count). The van der Waals surface area contributed by atoms with Crippen molar-refractivity contribution in [2.24, 2.45) is 0 Å². The molecule has 0 radical (unpaired) electrons. The van der Waals surface area contributed by atoms with Gasteiger partial charge in [0.2, 0.25) is 5.95 Å². The van der Waals surface area contributed by atoms with Crippen molar-refractivity contribution in [3.8, 4) is 0 Å². The molecule has 0 spiro atoms. The first-order chi connectivity index (χ1) is 10.6. The molecule has 23 heavy (non-hydrogen) atoms. The van der Waals surface area contributed by atoms with Crippen LogP contribution in [0.25, 0.3) is 0 Å². The molecule has 124 valence electrons. The zero-order valence-corrected chi connectivity index (χ0v) is 12.7. The van der Waals surface area contributed by atoms with Gasteiger partial charge in [-0.1, -0.05) is 11.6 Å². The van der Waals surface area contributed by atoms with E-state index in [4.69, 9.17) is 17.3 Å². The Hall–Kier alpha value is -2.11. The Balaban J connectivity index is 2.15. The van der Waals surface area contributed by atoms with Gasteiger partial charge in [0.05, 0.1) is 10.5 Å². The number of halogens is 4. The fraction of sp³-hybridized carbons (Fsp3) is 0.0909. The SMILES string of the molecule is Nc1nc(Cl)cc(NNS(=O)(=O)c2ccc(C(F)(F)F)cc2)n1. The highest BCUT2D eigenvalue weighted by atomic mass is 35.5. The summed E-state index contributed by atoms with van der Waals surface area (Å²) in [4.78, 5) is 8.82. The van der Waals surface area contributed by atoms with Gasteiger partial charge in [0.1, 0.15) is 11.0 Å². The van der Waals surface area contributed by atoms with Gasteiger partial charge in [0, 0.05) is 6.07 Å². The van der Waals surface area contributed by atoms with E-state index in [1.165, 1.54) is 6.07 Å². The van der Waals surface area contributed by atoms with Crippen LogP contribution in [0.15, 0.2) is 35.2 Å². The van der Waals surface area contributed by atoms with Gasteiger partial charge in [-0.2, -0.15) is 18.2 Å². The molecule has 0 aliphatic carbocycles. The maximum atomic E-state index is 12.4. The quantitative estimate of drug-likeness (QED) is 0.563. The van der Waals surface area contributed by atoms with E-state index in [9.17, 15) is 21.6 Å². The number of hydrogen-bond donors (Lipinski definition) is 3. The average molecular weight is 368 g/mol. The summed E-state index contributed by atoms with van der Waals surface area (Å²) in [5.74, 6) is -0.216. The topological polar surface area (TPSA) is 110 Å². The summed E-state index contributed by atoms with van der Waals surface area (Å²) in [5, 5.41) is -0.0197. The van der Waals surface area contributed by atoms with E-state index in [0.717, 1.165) is 12.1 Å². The Morgan fingerprint density at radius 1 is 1.13 bits per heavy atom. The number of nitrogen functional groups attached to an aromatic ring is 1. The van der Waals surface area contributed by atoms with E-state index in [-0.39, 0.29) is 21.8 Å². The first-order valence-corrected chi connectivity index (χ1v) is 7.69. The molecule has 4 N–H and O–H groups in total. The van der Waals surface area contributed by atoms with Crippen LogP contribution in [0.4, 0.5) is 24.9 Å². The van der Waals surface area contributed by atoms with Gasteiger partial charge in [0.25, 0.3) is 10.0 Å². The molecule has 7 nitrogen and oxygen atoms in total. The number of sulfonamides is 1. The van der Waals surface area contributed by atoms with E-state index in [2.05, 4.69) is 15.4 Å². The number of hydrazine groups is 1. The maximum Gasteiger partial charge on any atom is 0.416 e. The van der Waals surface area contributed by atoms with Crippen molar-refractivity contribution in [2.75, 3.05) is 11.2 Å². The van der Waals surface area contributed by atoms with Crippen molar-refractivity contribution in [1.82, 2.24) is 14.8 Å². The molecule has 0 amide bonds. The van der Waals surface area contributed by atoms with Gasteiger partial charge in [-0.3, -0.25) is 5.43 Å². The molecule has 0 saturated carbocycles. The number of rotatable bonds is 4. The van der Waals surface area contributed by atoms with Crippen LogP contribution in [0.1, 0.15) is 5.56 Å².